The lowest BCUT2D eigenvalue weighted by atomic mass is 10.0. The van der Waals surface area contributed by atoms with Gasteiger partial charge >= 0.3 is 0 Å². The Kier molecular flexibility index (Phi) is 7.48. The van der Waals surface area contributed by atoms with E-state index in [0.717, 1.165) is 29.5 Å². The second-order valence-electron chi connectivity index (χ2n) is 9.04. The molecule has 8 heteroatoms. The number of amides is 2. The van der Waals surface area contributed by atoms with Gasteiger partial charge in [0.15, 0.2) is 0 Å². The van der Waals surface area contributed by atoms with Crippen LogP contribution in [-0.4, -0.2) is 47.9 Å². The van der Waals surface area contributed by atoms with Crippen molar-refractivity contribution in [1.29, 1.82) is 0 Å². The van der Waals surface area contributed by atoms with Gasteiger partial charge in [-0.15, -0.1) is 0 Å². The van der Waals surface area contributed by atoms with Crippen molar-refractivity contribution < 1.29 is 14.0 Å². The van der Waals surface area contributed by atoms with Crippen molar-refractivity contribution in [3.05, 3.63) is 63.7 Å². The molecule has 2 heterocycles. The molecule has 180 valence electrons. The number of rotatable bonds is 9. The third-order valence-electron chi connectivity index (χ3n) is 6.35. The summed E-state index contributed by atoms with van der Waals surface area (Å²) in [6, 6.07) is 9.31. The van der Waals surface area contributed by atoms with Crippen molar-refractivity contribution in [2.45, 2.75) is 57.7 Å². The van der Waals surface area contributed by atoms with Crippen LogP contribution in [0.4, 0.5) is 0 Å². The first kappa shape index (κ1) is 24.2. The fourth-order valence-corrected chi connectivity index (χ4v) is 5.20. The third-order valence-corrected chi connectivity index (χ3v) is 7.04. The Balaban J connectivity index is 1.48. The number of hydrogen-bond acceptors (Lipinski definition) is 6. The number of aromatic nitrogens is 1. The molecule has 34 heavy (non-hydrogen) atoms. The van der Waals surface area contributed by atoms with Crippen LogP contribution in [0.15, 0.2) is 45.5 Å². The minimum Gasteiger partial charge on any atom is -0.441 e. The molecule has 3 aromatic rings. The van der Waals surface area contributed by atoms with Crippen LogP contribution in [0.2, 0.25) is 0 Å². The van der Waals surface area contributed by atoms with E-state index in [0.29, 0.717) is 23.8 Å². The molecular formula is C26H32N4O3S. The van der Waals surface area contributed by atoms with E-state index in [1.165, 1.54) is 0 Å². The third kappa shape index (κ3) is 5.23. The highest BCUT2D eigenvalue weighted by Gasteiger charge is 2.36. The number of fused-ring (bicyclic) bond motifs is 1. The maximum Gasteiger partial charge on any atom is 0.237 e. The Bertz CT molecular complexity index is 1140. The van der Waals surface area contributed by atoms with E-state index in [-0.39, 0.29) is 36.4 Å². The van der Waals surface area contributed by atoms with Gasteiger partial charge in [-0.05, 0) is 56.4 Å². The molecule has 0 spiro atoms. The Morgan fingerprint density at radius 1 is 1.24 bits per heavy atom. The van der Waals surface area contributed by atoms with E-state index in [9.17, 15) is 9.59 Å². The number of nitrogens with zero attached hydrogens (tertiary/aromatic N) is 2. The Hall–Kier alpha value is -2.97. The van der Waals surface area contributed by atoms with Crippen molar-refractivity contribution in [3.8, 4) is 11.5 Å². The molecule has 2 N–H and O–H groups in total. The monoisotopic (exact) mass is 480 g/mol. The predicted octanol–water partition coefficient (Wildman–Crippen LogP) is 3.88. The molecule has 0 fully saturated rings. The van der Waals surface area contributed by atoms with Gasteiger partial charge in [0.1, 0.15) is 5.76 Å². The highest BCUT2D eigenvalue weighted by Crippen LogP contribution is 2.32. The van der Waals surface area contributed by atoms with E-state index in [2.05, 4.69) is 28.6 Å². The summed E-state index contributed by atoms with van der Waals surface area (Å²) in [5.41, 5.74) is 3.75. The molecule has 0 saturated carbocycles. The fraction of sp³-hybridized carbons (Fsp3) is 0.423. The lowest BCUT2D eigenvalue weighted by molar-refractivity contribution is -0.127. The van der Waals surface area contributed by atoms with Crippen LogP contribution in [0.1, 0.15) is 48.4 Å². The molecule has 2 amide bonds. The van der Waals surface area contributed by atoms with Crippen molar-refractivity contribution >= 4 is 23.2 Å². The number of aryl methyl sites for hydroxylation is 1. The second-order valence-corrected chi connectivity index (χ2v) is 9.82. The van der Waals surface area contributed by atoms with Gasteiger partial charge in [0, 0.05) is 10.9 Å². The number of nitrogens with one attached hydrogen (secondary N) is 2. The molecule has 0 saturated heterocycles. The quantitative estimate of drug-likeness (QED) is 0.485. The van der Waals surface area contributed by atoms with Crippen molar-refractivity contribution in [2.75, 3.05) is 14.1 Å². The Morgan fingerprint density at radius 3 is 2.74 bits per heavy atom. The van der Waals surface area contributed by atoms with E-state index in [1.807, 2.05) is 60.9 Å². The molecule has 1 unspecified atom stereocenters. The van der Waals surface area contributed by atoms with Crippen LogP contribution < -0.4 is 10.6 Å². The van der Waals surface area contributed by atoms with Crippen LogP contribution in [0, 0.1) is 6.92 Å². The van der Waals surface area contributed by atoms with Crippen molar-refractivity contribution in [3.63, 3.8) is 0 Å². The Labute approximate surface area is 204 Å². The summed E-state index contributed by atoms with van der Waals surface area (Å²) in [7, 11) is 3.85. The summed E-state index contributed by atoms with van der Waals surface area (Å²) in [6.45, 7) is 3.91. The maximum absolute atomic E-state index is 13.1. The minimum absolute atomic E-state index is 0.0134. The van der Waals surface area contributed by atoms with E-state index < -0.39 is 0 Å². The van der Waals surface area contributed by atoms with Gasteiger partial charge in [0.25, 0.3) is 0 Å². The summed E-state index contributed by atoms with van der Waals surface area (Å²) >= 11 is 1.57. The number of carbonyl (C=O) groups is 2. The van der Waals surface area contributed by atoms with Gasteiger partial charge in [-0.3, -0.25) is 14.5 Å². The molecular weight excluding hydrogens is 448 g/mol. The molecule has 0 aliphatic heterocycles. The van der Waals surface area contributed by atoms with Crippen molar-refractivity contribution in [2.24, 2.45) is 0 Å². The number of hydrogen-bond donors (Lipinski definition) is 2. The van der Waals surface area contributed by atoms with Gasteiger partial charge < -0.3 is 15.1 Å². The molecule has 0 bridgehead atoms. The maximum atomic E-state index is 13.1. The van der Waals surface area contributed by atoms with Crippen LogP contribution in [0.3, 0.4) is 0 Å². The fourth-order valence-electron chi connectivity index (χ4n) is 4.57. The number of carbonyl (C=O) groups excluding carboxylic acids is 2. The first-order valence-electron chi connectivity index (χ1n) is 11.7. The zero-order chi connectivity index (χ0) is 24.2. The first-order chi connectivity index (χ1) is 16.4. The number of thiophene rings is 1. The lowest BCUT2D eigenvalue weighted by Gasteiger charge is -2.28. The molecule has 4 rings (SSSR count). The summed E-state index contributed by atoms with van der Waals surface area (Å²) in [5, 5.41) is 10.3. The summed E-state index contributed by atoms with van der Waals surface area (Å²) in [4.78, 5) is 32.7. The van der Waals surface area contributed by atoms with Gasteiger partial charge in [-0.2, -0.15) is 11.3 Å². The standard InChI is InChI=1S/C26H32N4O3S/c1-5-8-22(30(3)4)25(32)29-24-19-10-7-6-9-17(19)13-21(24)27-23(31)14-20-16(2)33-26(28-20)18-11-12-34-15-18/h6-7,9-12,15,21-22,24H,5,8,13-14H2,1-4H3,(H,27,31)(H,29,32)/t21-,22?,24-/m1/s1. The molecule has 1 aliphatic carbocycles. The van der Waals surface area contributed by atoms with Crippen LogP contribution >= 0.6 is 11.3 Å². The van der Waals surface area contributed by atoms with Crippen LogP contribution in [-0.2, 0) is 22.4 Å². The first-order valence-corrected chi connectivity index (χ1v) is 12.6. The average molecular weight is 481 g/mol. The number of likely N-dealkylation sites (N-methyl/N-ethyl adjacent to an activating group) is 1. The van der Waals surface area contributed by atoms with Crippen molar-refractivity contribution in [1.82, 2.24) is 20.5 Å². The van der Waals surface area contributed by atoms with Crippen LogP contribution in [0.5, 0.6) is 0 Å². The highest BCUT2D eigenvalue weighted by molar-refractivity contribution is 7.08. The summed E-state index contributed by atoms with van der Waals surface area (Å²) in [6.07, 6.45) is 2.50. The highest BCUT2D eigenvalue weighted by atomic mass is 32.1. The predicted molar refractivity (Wildman–Crippen MR) is 134 cm³/mol. The normalized spacial score (nSPS) is 18.0. The zero-order valence-electron chi connectivity index (χ0n) is 20.1. The summed E-state index contributed by atoms with van der Waals surface area (Å²) < 4.78 is 5.78. The van der Waals surface area contributed by atoms with Gasteiger partial charge in [0.05, 0.1) is 30.2 Å². The summed E-state index contributed by atoms with van der Waals surface area (Å²) in [5.74, 6) is 1.03. The van der Waals surface area contributed by atoms with E-state index >= 15 is 0 Å². The van der Waals surface area contributed by atoms with Gasteiger partial charge in [-0.25, -0.2) is 4.98 Å². The smallest absolute Gasteiger partial charge is 0.237 e. The second kappa shape index (κ2) is 10.5. The van der Waals surface area contributed by atoms with E-state index in [1.54, 1.807) is 11.3 Å². The number of benzene rings is 1. The molecule has 7 nitrogen and oxygen atoms in total. The van der Waals surface area contributed by atoms with Crippen LogP contribution in [0.25, 0.3) is 11.5 Å². The zero-order valence-corrected chi connectivity index (χ0v) is 20.9. The lowest BCUT2D eigenvalue weighted by Crippen LogP contribution is -2.50. The SMILES string of the molecule is CCCC(C(=O)N[C@@H]1c2ccccc2C[C@H]1NC(=O)Cc1nc(-c2ccsc2)oc1C)N(C)C. The molecule has 1 aromatic carbocycles. The number of oxazole rings is 1. The molecule has 2 aromatic heterocycles. The Morgan fingerprint density at radius 2 is 2.03 bits per heavy atom. The molecule has 0 radical (unpaired) electrons. The largest absolute Gasteiger partial charge is 0.441 e. The van der Waals surface area contributed by atoms with Gasteiger partial charge in [-0.1, -0.05) is 37.6 Å². The molecule has 3 atom stereocenters. The van der Waals surface area contributed by atoms with Gasteiger partial charge in [0.2, 0.25) is 17.7 Å². The molecule has 1 aliphatic rings. The van der Waals surface area contributed by atoms with E-state index in [4.69, 9.17) is 4.42 Å². The average Bonchev–Trinajstić information content (AvgIpc) is 3.52. The topological polar surface area (TPSA) is 87.5 Å². The minimum atomic E-state index is -0.272.